The predicted octanol–water partition coefficient (Wildman–Crippen LogP) is 0.0215. The van der Waals surface area contributed by atoms with Crippen LogP contribution in [0.15, 0.2) is 12.4 Å². The quantitative estimate of drug-likeness (QED) is 0.647. The Morgan fingerprint density at radius 3 is 2.38 bits per heavy atom. The molecule has 74 valence electrons. The molecule has 0 saturated heterocycles. The van der Waals surface area contributed by atoms with Crippen molar-refractivity contribution in [2.75, 3.05) is 0 Å². The van der Waals surface area contributed by atoms with Gasteiger partial charge >= 0.3 is 15.8 Å². The van der Waals surface area contributed by atoms with Crippen molar-refractivity contribution in [3.63, 3.8) is 0 Å². The van der Waals surface area contributed by atoms with Crippen LogP contribution in [0.25, 0.3) is 0 Å². The third-order valence-corrected chi connectivity index (χ3v) is 3.14. The Bertz CT molecular complexity index is 410. The summed E-state index contributed by atoms with van der Waals surface area (Å²) in [6.45, 7) is 1.44. The molecule has 0 atom stereocenters. The fraction of sp³-hybridized carbons (Fsp3) is 0.500. The van der Waals surface area contributed by atoms with E-state index in [9.17, 15) is 17.2 Å². The molecule has 1 aromatic heterocycles. The van der Waals surface area contributed by atoms with Crippen molar-refractivity contribution < 1.29 is 21.8 Å². The van der Waals surface area contributed by atoms with Crippen LogP contribution in [0.3, 0.4) is 0 Å². The van der Waals surface area contributed by atoms with Gasteiger partial charge in [0.1, 0.15) is 12.4 Å². The van der Waals surface area contributed by atoms with Crippen molar-refractivity contribution in [1.82, 2.24) is 3.97 Å². The van der Waals surface area contributed by atoms with Gasteiger partial charge in [0.05, 0.1) is 7.05 Å². The molecule has 13 heavy (non-hydrogen) atoms. The van der Waals surface area contributed by atoms with E-state index in [-0.39, 0.29) is 5.82 Å². The number of hydrogen-bond acceptors (Lipinski definition) is 2. The molecule has 7 heteroatoms. The highest BCUT2D eigenvalue weighted by atomic mass is 32.2. The van der Waals surface area contributed by atoms with Crippen LogP contribution in [0.4, 0.5) is 8.78 Å². The fourth-order valence-electron chi connectivity index (χ4n) is 0.887. The molecule has 1 heterocycles. The third kappa shape index (κ3) is 1.55. The van der Waals surface area contributed by atoms with Crippen LogP contribution in [0.5, 0.6) is 0 Å². The van der Waals surface area contributed by atoms with Crippen molar-refractivity contribution in [3.05, 3.63) is 18.2 Å². The van der Waals surface area contributed by atoms with Crippen LogP contribution in [0.1, 0.15) is 5.82 Å². The lowest BCUT2D eigenvalue weighted by atomic mass is 10.7. The van der Waals surface area contributed by atoms with Crippen LogP contribution in [-0.2, 0) is 17.1 Å². The van der Waals surface area contributed by atoms with Gasteiger partial charge in [-0.05, 0) is 0 Å². The first-order chi connectivity index (χ1) is 5.87. The van der Waals surface area contributed by atoms with Gasteiger partial charge in [-0.15, -0.1) is 3.97 Å². The zero-order valence-electron chi connectivity index (χ0n) is 7.11. The lowest BCUT2D eigenvalue weighted by molar-refractivity contribution is -0.676. The second kappa shape index (κ2) is 3.06. The van der Waals surface area contributed by atoms with Gasteiger partial charge in [0.15, 0.2) is 0 Å². The summed E-state index contributed by atoms with van der Waals surface area (Å²) in [5.74, 6) is -3.15. The van der Waals surface area contributed by atoms with Crippen molar-refractivity contribution in [1.29, 1.82) is 0 Å². The highest BCUT2D eigenvalue weighted by Crippen LogP contribution is 2.09. The van der Waals surface area contributed by atoms with Gasteiger partial charge in [-0.1, -0.05) is 0 Å². The number of halogens is 2. The van der Waals surface area contributed by atoms with E-state index in [2.05, 4.69) is 0 Å². The summed E-state index contributed by atoms with van der Waals surface area (Å²) in [6, 6.07) is 0. The third-order valence-electron chi connectivity index (χ3n) is 1.75. The van der Waals surface area contributed by atoms with Crippen LogP contribution in [-0.4, -0.2) is 18.1 Å². The summed E-state index contributed by atoms with van der Waals surface area (Å²) in [6.07, 6.45) is 2.49. The van der Waals surface area contributed by atoms with Crippen LogP contribution in [0, 0.1) is 6.92 Å². The van der Waals surface area contributed by atoms with Gasteiger partial charge < -0.3 is 0 Å². The summed E-state index contributed by atoms with van der Waals surface area (Å²) >= 11 is 0. The van der Waals surface area contributed by atoms with E-state index < -0.39 is 15.8 Å². The maximum atomic E-state index is 12.1. The number of hydrogen-bond donors (Lipinski definition) is 0. The summed E-state index contributed by atoms with van der Waals surface area (Å²) in [7, 11) is -2.95. The second-order valence-corrected chi connectivity index (χ2v) is 4.34. The first kappa shape index (κ1) is 10.1. The molecule has 0 aliphatic heterocycles. The average Bonchev–Trinajstić information content (AvgIpc) is 2.33. The maximum Gasteiger partial charge on any atom is 0.374 e. The van der Waals surface area contributed by atoms with E-state index in [1.165, 1.54) is 17.7 Å². The van der Waals surface area contributed by atoms with Crippen molar-refractivity contribution in [2.45, 2.75) is 12.7 Å². The van der Waals surface area contributed by atoms with Crippen LogP contribution in [0.2, 0.25) is 0 Å². The van der Waals surface area contributed by atoms with E-state index >= 15 is 0 Å². The Balaban J connectivity index is 3.32. The number of aryl methyl sites for hydroxylation is 1. The SMILES string of the molecule is Cc1n(S(=O)(=O)C(F)F)cc[n+]1C. The van der Waals surface area contributed by atoms with Crippen molar-refractivity contribution in [3.8, 4) is 0 Å². The standard InChI is InChI=1S/C6H9F2N2O2S/c1-5-9(2)3-4-10(5)13(11,12)6(7)8/h3-4,6H,1-2H3/q+1. The lowest BCUT2D eigenvalue weighted by Crippen LogP contribution is -2.32. The first-order valence-corrected chi connectivity index (χ1v) is 4.94. The van der Waals surface area contributed by atoms with E-state index in [1.54, 1.807) is 7.05 Å². The van der Waals surface area contributed by atoms with Crippen molar-refractivity contribution in [2.24, 2.45) is 7.05 Å². The topological polar surface area (TPSA) is 43.0 Å². The average molecular weight is 211 g/mol. The monoisotopic (exact) mass is 211 g/mol. The van der Waals surface area contributed by atoms with Gasteiger partial charge in [0.2, 0.25) is 0 Å². The largest absolute Gasteiger partial charge is 0.374 e. The minimum absolute atomic E-state index is 0.236. The van der Waals surface area contributed by atoms with Gasteiger partial charge in [-0.2, -0.15) is 17.2 Å². The summed E-state index contributed by atoms with van der Waals surface area (Å²) in [5, 5.41) is 0. The summed E-state index contributed by atoms with van der Waals surface area (Å²) in [5.41, 5.74) is 0. The fourth-order valence-corrected chi connectivity index (χ4v) is 1.78. The van der Waals surface area contributed by atoms with Gasteiger partial charge in [0.25, 0.3) is 5.82 Å². The predicted molar refractivity (Wildman–Crippen MR) is 40.7 cm³/mol. The van der Waals surface area contributed by atoms with Gasteiger partial charge in [-0.25, -0.2) is 4.57 Å². The molecular weight excluding hydrogens is 202 g/mol. The number of alkyl halides is 2. The van der Waals surface area contributed by atoms with Crippen LogP contribution >= 0.6 is 0 Å². The highest BCUT2D eigenvalue weighted by molar-refractivity contribution is 7.90. The van der Waals surface area contributed by atoms with E-state index in [4.69, 9.17) is 0 Å². The minimum atomic E-state index is -4.52. The molecule has 0 aliphatic carbocycles. The van der Waals surface area contributed by atoms with Gasteiger partial charge in [0, 0.05) is 6.92 Å². The lowest BCUT2D eigenvalue weighted by Gasteiger charge is -1.98. The summed E-state index contributed by atoms with van der Waals surface area (Å²) in [4.78, 5) is 0. The molecule has 0 amide bonds. The minimum Gasteiger partial charge on any atom is -0.236 e. The molecule has 0 fully saturated rings. The molecule has 0 radical (unpaired) electrons. The molecule has 0 saturated carbocycles. The Morgan fingerprint density at radius 1 is 1.54 bits per heavy atom. The number of imidazole rings is 1. The van der Waals surface area contributed by atoms with E-state index in [1.807, 2.05) is 0 Å². The number of rotatable bonds is 2. The molecule has 1 rings (SSSR count). The zero-order chi connectivity index (χ0) is 10.2. The Labute approximate surface area is 74.5 Å². The zero-order valence-corrected chi connectivity index (χ0v) is 7.92. The van der Waals surface area contributed by atoms with Crippen molar-refractivity contribution >= 4 is 10.0 Å². The summed E-state index contributed by atoms with van der Waals surface area (Å²) < 4.78 is 48.1. The molecule has 0 aliphatic rings. The molecule has 4 nitrogen and oxygen atoms in total. The van der Waals surface area contributed by atoms with E-state index in [0.717, 1.165) is 6.20 Å². The number of nitrogens with zero attached hydrogens (tertiary/aromatic N) is 2. The molecular formula is C6H9F2N2O2S+. The maximum absolute atomic E-state index is 12.1. The number of aromatic nitrogens is 2. The molecule has 0 bridgehead atoms. The molecule has 0 aromatic carbocycles. The highest BCUT2D eigenvalue weighted by Gasteiger charge is 2.33. The smallest absolute Gasteiger partial charge is 0.236 e. The Kier molecular flexibility index (Phi) is 2.38. The molecule has 0 spiro atoms. The Hall–Kier alpha value is -0.980. The second-order valence-electron chi connectivity index (χ2n) is 2.56. The molecule has 0 unspecified atom stereocenters. The van der Waals surface area contributed by atoms with Gasteiger partial charge in [-0.3, -0.25) is 0 Å². The van der Waals surface area contributed by atoms with Crippen LogP contribution < -0.4 is 4.57 Å². The first-order valence-electron chi connectivity index (χ1n) is 3.43. The molecule has 1 aromatic rings. The molecule has 0 N–H and O–H groups in total. The Morgan fingerprint density at radius 2 is 2.08 bits per heavy atom. The van der Waals surface area contributed by atoms with E-state index in [0.29, 0.717) is 3.97 Å². The normalized spacial score (nSPS) is 12.4.